The van der Waals surface area contributed by atoms with Gasteiger partial charge in [0.25, 0.3) is 5.56 Å². The summed E-state index contributed by atoms with van der Waals surface area (Å²) in [4.78, 5) is 26.7. The van der Waals surface area contributed by atoms with Gasteiger partial charge in [-0.3, -0.25) is 19.4 Å². The largest absolute Gasteiger partial charge is 0.360 e. The highest BCUT2D eigenvalue weighted by molar-refractivity contribution is 5.95. The molecular weight excluding hydrogens is 368 g/mol. The Morgan fingerprint density at radius 3 is 2.48 bits per heavy atom. The Balaban J connectivity index is 1.46. The molecular formula is C22H24N4O3. The van der Waals surface area contributed by atoms with E-state index in [1.54, 1.807) is 17.8 Å². The molecule has 0 aliphatic carbocycles. The average molecular weight is 392 g/mol. The third kappa shape index (κ3) is 3.95. The maximum atomic E-state index is 13.0. The predicted octanol–water partition coefficient (Wildman–Crippen LogP) is 2.91. The van der Waals surface area contributed by atoms with Crippen molar-refractivity contribution in [3.8, 4) is 5.69 Å². The smallest absolute Gasteiger partial charge is 0.267 e. The molecule has 1 saturated heterocycles. The van der Waals surface area contributed by atoms with Crippen molar-refractivity contribution < 1.29 is 9.53 Å². The first kappa shape index (κ1) is 19.0. The molecule has 1 aromatic heterocycles. The number of ether oxygens (including phenoxy) is 1. The zero-order chi connectivity index (χ0) is 20.4. The van der Waals surface area contributed by atoms with Gasteiger partial charge < -0.3 is 15.0 Å². The summed E-state index contributed by atoms with van der Waals surface area (Å²) in [6.07, 6.45) is 1.74. The van der Waals surface area contributed by atoms with E-state index in [-0.39, 0.29) is 11.5 Å². The van der Waals surface area contributed by atoms with Crippen LogP contribution in [0.25, 0.3) is 5.69 Å². The number of aryl methyl sites for hydroxylation is 1. The number of para-hydroxylation sites is 1. The van der Waals surface area contributed by atoms with Crippen molar-refractivity contribution in [2.45, 2.75) is 13.8 Å². The Bertz CT molecular complexity index is 1060. The summed E-state index contributed by atoms with van der Waals surface area (Å²) in [7, 11) is 0. The summed E-state index contributed by atoms with van der Waals surface area (Å²) in [5.41, 5.74) is 2.41. The Morgan fingerprint density at radius 1 is 1.10 bits per heavy atom. The van der Waals surface area contributed by atoms with Crippen LogP contribution in [-0.2, 0) is 9.53 Å². The second-order valence-electron chi connectivity index (χ2n) is 7.70. The number of rotatable bonds is 4. The van der Waals surface area contributed by atoms with Gasteiger partial charge in [-0.2, -0.15) is 0 Å². The maximum Gasteiger partial charge on any atom is 0.267 e. The van der Waals surface area contributed by atoms with E-state index in [1.165, 1.54) is 0 Å². The standard InChI is InChI=1S/C22H24N4O3/c1-16-12-26(24-20(16)27)19-10-8-17(9-11-19)23-21(28)22(2)13-25(15-29-14-22)18-6-4-3-5-7-18/h3-12H,13-15H2,1-2H3,(H,23,28)(H,24,27). The Hall–Kier alpha value is -3.32. The van der Waals surface area contributed by atoms with Gasteiger partial charge in [0.15, 0.2) is 0 Å². The van der Waals surface area contributed by atoms with E-state index in [4.69, 9.17) is 4.74 Å². The van der Waals surface area contributed by atoms with Gasteiger partial charge >= 0.3 is 0 Å². The highest BCUT2D eigenvalue weighted by Crippen LogP contribution is 2.29. The highest BCUT2D eigenvalue weighted by atomic mass is 16.5. The number of carbonyl (C=O) groups is 1. The highest BCUT2D eigenvalue weighted by Gasteiger charge is 2.39. The SMILES string of the molecule is Cc1cn(-c2ccc(NC(=O)C3(C)COCN(c4ccccc4)C3)cc2)[nH]c1=O. The number of amides is 1. The molecule has 3 aromatic rings. The van der Waals surface area contributed by atoms with Gasteiger partial charge in [0.05, 0.1) is 17.7 Å². The number of carbonyl (C=O) groups excluding carboxylic acids is 1. The molecule has 0 bridgehead atoms. The summed E-state index contributed by atoms with van der Waals surface area (Å²) in [6, 6.07) is 17.3. The lowest BCUT2D eigenvalue weighted by Gasteiger charge is -2.40. The minimum absolute atomic E-state index is 0.0869. The van der Waals surface area contributed by atoms with Crippen LogP contribution >= 0.6 is 0 Å². The Kier molecular flexibility index (Phi) is 4.98. The molecule has 1 unspecified atom stereocenters. The lowest BCUT2D eigenvalue weighted by molar-refractivity contribution is -0.130. The van der Waals surface area contributed by atoms with Crippen LogP contribution in [0.2, 0.25) is 0 Å². The quantitative estimate of drug-likeness (QED) is 0.716. The molecule has 1 atom stereocenters. The Labute approximate surface area is 168 Å². The first-order chi connectivity index (χ1) is 13.9. The van der Waals surface area contributed by atoms with Crippen LogP contribution in [0, 0.1) is 12.3 Å². The molecule has 0 radical (unpaired) electrons. The Morgan fingerprint density at radius 2 is 1.83 bits per heavy atom. The molecule has 1 aliphatic rings. The molecule has 2 N–H and O–H groups in total. The number of anilines is 2. The number of aromatic amines is 1. The monoisotopic (exact) mass is 392 g/mol. The van der Waals surface area contributed by atoms with E-state index < -0.39 is 5.41 Å². The predicted molar refractivity (Wildman–Crippen MR) is 112 cm³/mol. The van der Waals surface area contributed by atoms with Gasteiger partial charge in [0.1, 0.15) is 6.73 Å². The molecule has 0 spiro atoms. The van der Waals surface area contributed by atoms with Gasteiger partial charge in [-0.15, -0.1) is 0 Å². The van der Waals surface area contributed by atoms with Crippen molar-refractivity contribution in [1.29, 1.82) is 0 Å². The van der Waals surface area contributed by atoms with Crippen LogP contribution in [0.3, 0.4) is 0 Å². The topological polar surface area (TPSA) is 79.4 Å². The number of aromatic nitrogens is 2. The summed E-state index contributed by atoms with van der Waals surface area (Å²) < 4.78 is 7.39. The fourth-order valence-electron chi connectivity index (χ4n) is 3.44. The van der Waals surface area contributed by atoms with Gasteiger partial charge in [0.2, 0.25) is 5.91 Å². The number of nitrogens with zero attached hydrogens (tertiary/aromatic N) is 2. The normalized spacial score (nSPS) is 19.2. The van der Waals surface area contributed by atoms with Crippen LogP contribution in [0.15, 0.2) is 65.6 Å². The zero-order valence-electron chi connectivity index (χ0n) is 16.5. The molecule has 1 amide bonds. The van der Waals surface area contributed by atoms with Crippen LogP contribution in [0.4, 0.5) is 11.4 Å². The summed E-state index contributed by atoms with van der Waals surface area (Å²) >= 11 is 0. The molecule has 7 heteroatoms. The molecule has 7 nitrogen and oxygen atoms in total. The van der Waals surface area contributed by atoms with Crippen molar-refractivity contribution in [2.75, 3.05) is 30.1 Å². The van der Waals surface area contributed by atoms with Gasteiger partial charge in [-0.05, 0) is 50.2 Å². The van der Waals surface area contributed by atoms with Crippen LogP contribution in [-0.4, -0.2) is 35.6 Å². The van der Waals surface area contributed by atoms with Gasteiger partial charge in [-0.1, -0.05) is 18.2 Å². The molecule has 29 heavy (non-hydrogen) atoms. The average Bonchev–Trinajstić information content (AvgIpc) is 3.07. The number of hydrogen-bond donors (Lipinski definition) is 2. The van der Waals surface area contributed by atoms with E-state index in [0.717, 1.165) is 11.4 Å². The van der Waals surface area contributed by atoms with E-state index in [2.05, 4.69) is 15.3 Å². The van der Waals surface area contributed by atoms with E-state index in [1.807, 2.05) is 61.5 Å². The summed E-state index contributed by atoms with van der Waals surface area (Å²) in [5, 5.41) is 5.74. The zero-order valence-corrected chi connectivity index (χ0v) is 16.5. The van der Waals surface area contributed by atoms with Crippen LogP contribution < -0.4 is 15.8 Å². The minimum Gasteiger partial charge on any atom is -0.360 e. The lowest BCUT2D eigenvalue weighted by atomic mass is 9.88. The molecule has 150 valence electrons. The first-order valence-corrected chi connectivity index (χ1v) is 9.52. The van der Waals surface area contributed by atoms with Crippen molar-refractivity contribution in [3.05, 3.63) is 76.7 Å². The van der Waals surface area contributed by atoms with Crippen molar-refractivity contribution in [2.24, 2.45) is 5.41 Å². The second-order valence-corrected chi connectivity index (χ2v) is 7.70. The van der Waals surface area contributed by atoms with Crippen molar-refractivity contribution in [1.82, 2.24) is 9.78 Å². The molecule has 1 fully saturated rings. The number of nitrogens with one attached hydrogen (secondary N) is 2. The lowest BCUT2D eigenvalue weighted by Crippen LogP contribution is -2.52. The molecule has 2 heterocycles. The van der Waals surface area contributed by atoms with Crippen LogP contribution in [0.5, 0.6) is 0 Å². The van der Waals surface area contributed by atoms with Crippen molar-refractivity contribution in [3.63, 3.8) is 0 Å². The minimum atomic E-state index is -0.671. The molecule has 4 rings (SSSR count). The summed E-state index contributed by atoms with van der Waals surface area (Å²) in [6.45, 7) is 5.08. The number of H-pyrrole nitrogens is 1. The third-order valence-electron chi connectivity index (χ3n) is 5.18. The molecule has 2 aromatic carbocycles. The number of hydrogen-bond acceptors (Lipinski definition) is 4. The number of benzene rings is 2. The molecule has 0 saturated carbocycles. The maximum absolute atomic E-state index is 13.0. The van der Waals surface area contributed by atoms with Gasteiger partial charge in [-0.25, -0.2) is 0 Å². The van der Waals surface area contributed by atoms with Crippen LogP contribution in [0.1, 0.15) is 12.5 Å². The first-order valence-electron chi connectivity index (χ1n) is 9.52. The van der Waals surface area contributed by atoms with Gasteiger partial charge in [0, 0.05) is 29.7 Å². The van der Waals surface area contributed by atoms with E-state index >= 15 is 0 Å². The third-order valence-corrected chi connectivity index (χ3v) is 5.18. The summed E-state index contributed by atoms with van der Waals surface area (Å²) in [5.74, 6) is -0.0869. The van der Waals surface area contributed by atoms with Crippen molar-refractivity contribution >= 4 is 17.3 Å². The van der Waals surface area contributed by atoms with E-state index in [9.17, 15) is 9.59 Å². The fraction of sp³-hybridized carbons (Fsp3) is 0.273. The van der Waals surface area contributed by atoms with E-state index in [0.29, 0.717) is 31.1 Å². The molecule has 1 aliphatic heterocycles. The second kappa shape index (κ2) is 7.60. The fourth-order valence-corrected chi connectivity index (χ4v) is 3.44.